The van der Waals surface area contributed by atoms with Crippen LogP contribution in [0.5, 0.6) is 0 Å². The number of methoxy groups -OCH3 is 1. The van der Waals surface area contributed by atoms with E-state index in [0.29, 0.717) is 10.8 Å². The Balaban J connectivity index is 1.35. The standard InChI is InChI=1S/C28H24F2N2O/c1-33-14-2-3-23-18-31-28(32-19-23)13-11-21-6-4-20(5-7-21)8-9-22-10-12-24-16-26(29)27(30)17-25(24)15-22/h4-7,10,12,15-19H,2-3,11,13-14H2,1H3. The van der Waals surface area contributed by atoms with E-state index >= 15 is 0 Å². The minimum absolute atomic E-state index is 0.626. The smallest absolute Gasteiger partial charge is 0.159 e. The first kappa shape index (κ1) is 22.6. The van der Waals surface area contributed by atoms with Crippen LogP contribution in [0.4, 0.5) is 8.78 Å². The van der Waals surface area contributed by atoms with Crippen LogP contribution < -0.4 is 0 Å². The first-order valence-electron chi connectivity index (χ1n) is 10.9. The van der Waals surface area contributed by atoms with Crippen molar-refractivity contribution in [3.05, 3.63) is 107 Å². The van der Waals surface area contributed by atoms with E-state index < -0.39 is 11.6 Å². The molecule has 0 aliphatic carbocycles. The highest BCUT2D eigenvalue weighted by Crippen LogP contribution is 2.19. The lowest BCUT2D eigenvalue weighted by atomic mass is 10.1. The second kappa shape index (κ2) is 10.8. The number of ether oxygens (including phenoxy) is 1. The summed E-state index contributed by atoms with van der Waals surface area (Å²) in [5.41, 5.74) is 3.96. The average Bonchev–Trinajstić information content (AvgIpc) is 2.84. The minimum Gasteiger partial charge on any atom is -0.385 e. The molecule has 0 radical (unpaired) electrons. The third-order valence-electron chi connectivity index (χ3n) is 5.39. The van der Waals surface area contributed by atoms with Gasteiger partial charge in [0.05, 0.1) is 0 Å². The molecule has 0 bridgehead atoms. The lowest BCUT2D eigenvalue weighted by molar-refractivity contribution is 0.195. The van der Waals surface area contributed by atoms with Gasteiger partial charge in [-0.25, -0.2) is 18.7 Å². The quantitative estimate of drug-likeness (QED) is 0.273. The van der Waals surface area contributed by atoms with Crippen molar-refractivity contribution in [2.45, 2.75) is 25.7 Å². The fourth-order valence-corrected chi connectivity index (χ4v) is 3.54. The minimum atomic E-state index is -0.855. The SMILES string of the molecule is COCCCc1cnc(CCc2ccc(C#Cc3ccc4cc(F)c(F)cc4c3)cc2)nc1. The fourth-order valence-electron chi connectivity index (χ4n) is 3.54. The number of halogens is 2. The van der Waals surface area contributed by atoms with E-state index in [4.69, 9.17) is 4.74 Å². The molecule has 0 fully saturated rings. The maximum Gasteiger partial charge on any atom is 0.159 e. The van der Waals surface area contributed by atoms with E-state index in [1.807, 2.05) is 30.6 Å². The summed E-state index contributed by atoms with van der Waals surface area (Å²) in [6.07, 6.45) is 7.31. The molecule has 4 rings (SSSR count). The van der Waals surface area contributed by atoms with Crippen LogP contribution in [0.15, 0.2) is 67.0 Å². The van der Waals surface area contributed by atoms with Gasteiger partial charge in [0.25, 0.3) is 0 Å². The zero-order valence-electron chi connectivity index (χ0n) is 18.4. The van der Waals surface area contributed by atoms with Crippen LogP contribution in [-0.4, -0.2) is 23.7 Å². The third-order valence-corrected chi connectivity index (χ3v) is 5.39. The molecule has 4 aromatic rings. The Hall–Kier alpha value is -3.62. The summed E-state index contributed by atoms with van der Waals surface area (Å²) >= 11 is 0. The van der Waals surface area contributed by atoms with Crippen LogP contribution >= 0.6 is 0 Å². The number of hydrogen-bond donors (Lipinski definition) is 0. The van der Waals surface area contributed by atoms with Gasteiger partial charge in [-0.15, -0.1) is 0 Å². The van der Waals surface area contributed by atoms with Gasteiger partial charge in [-0.05, 0) is 77.6 Å². The molecule has 1 aromatic heterocycles. The molecule has 3 aromatic carbocycles. The molecule has 5 heteroatoms. The van der Waals surface area contributed by atoms with Crippen molar-refractivity contribution in [2.75, 3.05) is 13.7 Å². The van der Waals surface area contributed by atoms with Crippen molar-refractivity contribution in [3.63, 3.8) is 0 Å². The van der Waals surface area contributed by atoms with E-state index in [2.05, 4.69) is 33.9 Å². The van der Waals surface area contributed by atoms with Crippen molar-refractivity contribution in [1.29, 1.82) is 0 Å². The zero-order valence-corrected chi connectivity index (χ0v) is 18.4. The normalized spacial score (nSPS) is 10.8. The molecule has 0 saturated carbocycles. The molecule has 1 heterocycles. The third kappa shape index (κ3) is 6.21. The monoisotopic (exact) mass is 442 g/mol. The number of aromatic nitrogens is 2. The fraction of sp³-hybridized carbons (Fsp3) is 0.214. The second-order valence-corrected chi connectivity index (χ2v) is 7.88. The Bertz CT molecular complexity index is 1290. The summed E-state index contributed by atoms with van der Waals surface area (Å²) in [5.74, 6) is 5.36. The van der Waals surface area contributed by atoms with Crippen molar-refractivity contribution in [1.82, 2.24) is 9.97 Å². The Morgan fingerprint density at radius 1 is 0.727 bits per heavy atom. The molecule has 166 valence electrons. The zero-order chi connectivity index (χ0) is 23.0. The second-order valence-electron chi connectivity index (χ2n) is 7.88. The van der Waals surface area contributed by atoms with Crippen LogP contribution in [-0.2, 0) is 24.0 Å². The maximum absolute atomic E-state index is 13.5. The topological polar surface area (TPSA) is 35.0 Å². The Morgan fingerprint density at radius 2 is 1.39 bits per heavy atom. The molecule has 3 nitrogen and oxygen atoms in total. The van der Waals surface area contributed by atoms with Gasteiger partial charge in [-0.1, -0.05) is 30.0 Å². The summed E-state index contributed by atoms with van der Waals surface area (Å²) < 4.78 is 31.9. The predicted molar refractivity (Wildman–Crippen MR) is 126 cm³/mol. The Morgan fingerprint density at radius 3 is 2.12 bits per heavy atom. The molecule has 0 saturated heterocycles. The number of aryl methyl sites for hydroxylation is 3. The first-order valence-corrected chi connectivity index (χ1v) is 10.9. The molecule has 0 spiro atoms. The highest BCUT2D eigenvalue weighted by molar-refractivity contribution is 5.84. The summed E-state index contributed by atoms with van der Waals surface area (Å²) in [6, 6.07) is 15.8. The van der Waals surface area contributed by atoms with Gasteiger partial charge in [0.1, 0.15) is 5.82 Å². The first-order chi connectivity index (χ1) is 16.1. The number of nitrogens with zero attached hydrogens (tertiary/aromatic N) is 2. The van der Waals surface area contributed by atoms with Gasteiger partial charge in [0, 0.05) is 43.7 Å². The number of benzene rings is 3. The van der Waals surface area contributed by atoms with E-state index in [-0.39, 0.29) is 0 Å². The van der Waals surface area contributed by atoms with E-state index in [1.165, 1.54) is 17.7 Å². The summed E-state index contributed by atoms with van der Waals surface area (Å²) in [6.45, 7) is 0.742. The highest BCUT2D eigenvalue weighted by atomic mass is 19.2. The summed E-state index contributed by atoms with van der Waals surface area (Å²) in [5, 5.41) is 1.27. The van der Waals surface area contributed by atoms with Gasteiger partial charge in [0.2, 0.25) is 0 Å². The summed E-state index contributed by atoms with van der Waals surface area (Å²) in [4.78, 5) is 8.93. The molecule has 33 heavy (non-hydrogen) atoms. The largest absolute Gasteiger partial charge is 0.385 e. The molecule has 0 unspecified atom stereocenters. The van der Waals surface area contributed by atoms with Crippen LogP contribution in [0.25, 0.3) is 10.8 Å². The molecule has 0 aliphatic heterocycles. The van der Waals surface area contributed by atoms with E-state index in [0.717, 1.165) is 54.8 Å². The average molecular weight is 443 g/mol. The van der Waals surface area contributed by atoms with Crippen molar-refractivity contribution in [2.24, 2.45) is 0 Å². The lowest BCUT2D eigenvalue weighted by Gasteiger charge is -2.04. The molecule has 0 atom stereocenters. The van der Waals surface area contributed by atoms with Gasteiger partial charge < -0.3 is 4.74 Å². The van der Waals surface area contributed by atoms with Crippen molar-refractivity contribution in [3.8, 4) is 11.8 Å². The lowest BCUT2D eigenvalue weighted by Crippen LogP contribution is -2.00. The Labute approximate surface area is 192 Å². The summed E-state index contributed by atoms with van der Waals surface area (Å²) in [7, 11) is 1.71. The van der Waals surface area contributed by atoms with Gasteiger partial charge in [0.15, 0.2) is 11.6 Å². The van der Waals surface area contributed by atoms with Crippen molar-refractivity contribution < 1.29 is 13.5 Å². The van der Waals surface area contributed by atoms with Crippen LogP contribution in [0, 0.1) is 23.5 Å². The van der Waals surface area contributed by atoms with E-state index in [9.17, 15) is 8.78 Å². The van der Waals surface area contributed by atoms with Crippen LogP contribution in [0.3, 0.4) is 0 Å². The Kier molecular flexibility index (Phi) is 7.39. The number of hydrogen-bond acceptors (Lipinski definition) is 3. The van der Waals surface area contributed by atoms with Crippen LogP contribution in [0.1, 0.15) is 34.5 Å². The molecule has 0 N–H and O–H groups in total. The van der Waals surface area contributed by atoms with Gasteiger partial charge >= 0.3 is 0 Å². The molecule has 0 amide bonds. The van der Waals surface area contributed by atoms with Crippen LogP contribution in [0.2, 0.25) is 0 Å². The van der Waals surface area contributed by atoms with Gasteiger partial charge in [-0.3, -0.25) is 0 Å². The predicted octanol–water partition coefficient (Wildman–Crippen LogP) is 5.67. The van der Waals surface area contributed by atoms with E-state index in [1.54, 1.807) is 19.2 Å². The van der Waals surface area contributed by atoms with Gasteiger partial charge in [-0.2, -0.15) is 0 Å². The highest BCUT2D eigenvalue weighted by Gasteiger charge is 2.04. The van der Waals surface area contributed by atoms with Crippen molar-refractivity contribution >= 4 is 10.8 Å². The molecular weight excluding hydrogens is 418 g/mol. The number of rotatable bonds is 7. The molecular formula is C28H24F2N2O. The maximum atomic E-state index is 13.5. The number of fused-ring (bicyclic) bond motifs is 1. The molecule has 0 aliphatic rings.